The van der Waals surface area contributed by atoms with Gasteiger partial charge in [0.05, 0.1) is 5.92 Å². The fourth-order valence-electron chi connectivity index (χ4n) is 3.11. The second-order valence-corrected chi connectivity index (χ2v) is 6.17. The number of carbonyl (C=O) groups excluding carboxylic acids is 1. The third kappa shape index (κ3) is 3.92. The van der Waals surface area contributed by atoms with Gasteiger partial charge in [0.1, 0.15) is 0 Å². The van der Waals surface area contributed by atoms with E-state index in [4.69, 9.17) is 0 Å². The summed E-state index contributed by atoms with van der Waals surface area (Å²) < 4.78 is 0. The Bertz CT molecular complexity index is 875. The van der Waals surface area contributed by atoms with Gasteiger partial charge in [-0.05, 0) is 23.3 Å². The Kier molecular flexibility index (Phi) is 6.76. The monoisotopic (exact) mass is 376 g/mol. The van der Waals surface area contributed by atoms with Crippen LogP contribution in [0.2, 0.25) is 0 Å². The zero-order valence-corrected chi connectivity index (χ0v) is 18.1. The maximum Gasteiger partial charge on any atom is 1.00 e. The fourth-order valence-corrected chi connectivity index (χ4v) is 3.11. The Labute approximate surface area is 194 Å². The SMILES string of the molecule is CN(C)c1ccc(C(C[N+](=O)[O-])C2=C([O-])c3ccccc3C2=O)cc1.[K+]. The molecule has 0 aromatic heterocycles. The summed E-state index contributed by atoms with van der Waals surface area (Å²) in [7, 11) is 3.78. The molecule has 0 radical (unpaired) electrons. The van der Waals surface area contributed by atoms with E-state index in [1.165, 1.54) is 0 Å². The first-order valence-electron chi connectivity index (χ1n) is 7.84. The van der Waals surface area contributed by atoms with Gasteiger partial charge in [0.2, 0.25) is 6.54 Å². The number of fused-ring (bicyclic) bond motifs is 1. The summed E-state index contributed by atoms with van der Waals surface area (Å²) in [6.07, 6.45) is 0. The van der Waals surface area contributed by atoms with Crippen molar-refractivity contribution >= 4 is 17.2 Å². The first kappa shape index (κ1) is 20.8. The predicted molar refractivity (Wildman–Crippen MR) is 93.1 cm³/mol. The molecule has 3 rings (SSSR count). The summed E-state index contributed by atoms with van der Waals surface area (Å²) in [5.74, 6) is -1.69. The molecule has 128 valence electrons. The Balaban J connectivity index is 0.00000243. The molecule has 0 spiro atoms. The van der Waals surface area contributed by atoms with Crippen LogP contribution in [0.5, 0.6) is 0 Å². The van der Waals surface area contributed by atoms with Crippen LogP contribution in [0, 0.1) is 10.1 Å². The topological polar surface area (TPSA) is 86.5 Å². The third-order valence-electron chi connectivity index (χ3n) is 4.40. The molecule has 0 bridgehead atoms. The average Bonchev–Trinajstić information content (AvgIpc) is 2.84. The number of anilines is 1. The molecule has 1 atom stereocenters. The van der Waals surface area contributed by atoms with E-state index in [-0.39, 0.29) is 57.0 Å². The number of hydrogen-bond donors (Lipinski definition) is 0. The molecule has 6 nitrogen and oxygen atoms in total. The van der Waals surface area contributed by atoms with Gasteiger partial charge in [-0.1, -0.05) is 42.2 Å². The summed E-state index contributed by atoms with van der Waals surface area (Å²) in [5, 5.41) is 23.9. The second-order valence-electron chi connectivity index (χ2n) is 6.17. The van der Waals surface area contributed by atoms with E-state index >= 15 is 0 Å². The zero-order chi connectivity index (χ0) is 18.1. The molecule has 0 N–H and O–H groups in total. The molecular weight excluding hydrogens is 359 g/mol. The van der Waals surface area contributed by atoms with Gasteiger partial charge in [0.25, 0.3) is 0 Å². The third-order valence-corrected chi connectivity index (χ3v) is 4.40. The molecule has 0 saturated carbocycles. The number of benzene rings is 2. The number of nitro groups is 1. The van der Waals surface area contributed by atoms with Crippen LogP contribution in [0.4, 0.5) is 5.69 Å². The molecule has 2 aromatic rings. The van der Waals surface area contributed by atoms with Gasteiger partial charge in [0, 0.05) is 35.8 Å². The molecule has 1 aliphatic carbocycles. The van der Waals surface area contributed by atoms with Gasteiger partial charge in [-0.3, -0.25) is 14.9 Å². The van der Waals surface area contributed by atoms with Gasteiger partial charge >= 0.3 is 51.4 Å². The fraction of sp³-hybridized carbons (Fsp3) is 0.211. The molecule has 1 aliphatic rings. The normalized spacial score (nSPS) is 13.8. The minimum absolute atomic E-state index is 0. The molecule has 0 amide bonds. The Morgan fingerprint density at radius 3 is 2.12 bits per heavy atom. The van der Waals surface area contributed by atoms with E-state index in [1.54, 1.807) is 36.4 Å². The Hall–Kier alpha value is -1.51. The number of nitrogens with zero attached hydrogens (tertiary/aromatic N) is 2. The number of ketones is 1. The van der Waals surface area contributed by atoms with Crippen molar-refractivity contribution in [2.45, 2.75) is 5.92 Å². The standard InChI is InChI=1S/C19H18N2O4.K/c1-20(2)13-9-7-12(8-10-13)16(11-21(24)25)17-18(22)14-5-3-4-6-15(14)19(17)23;/h3-10,16,22H,11H2,1-2H3;/q;+1/p-1. The number of carbonyl (C=O) groups is 1. The smallest absolute Gasteiger partial charge is 0.872 e. The van der Waals surface area contributed by atoms with Gasteiger partial charge in [-0.25, -0.2) is 0 Å². The summed E-state index contributed by atoms with van der Waals surface area (Å²) in [6.45, 7) is -0.498. The predicted octanol–water partition coefficient (Wildman–Crippen LogP) is -0.915. The maximum atomic E-state index is 12.7. The molecule has 2 aromatic carbocycles. The molecule has 0 saturated heterocycles. The van der Waals surface area contributed by atoms with Crippen molar-refractivity contribution in [3.8, 4) is 0 Å². The Morgan fingerprint density at radius 1 is 1.04 bits per heavy atom. The van der Waals surface area contributed by atoms with Crippen LogP contribution >= 0.6 is 0 Å². The second kappa shape index (κ2) is 8.45. The van der Waals surface area contributed by atoms with Gasteiger partial charge in [0.15, 0.2) is 5.78 Å². The summed E-state index contributed by atoms with van der Waals surface area (Å²) in [6, 6.07) is 13.6. The van der Waals surface area contributed by atoms with Crippen LogP contribution in [-0.4, -0.2) is 31.3 Å². The number of hydrogen-bond acceptors (Lipinski definition) is 5. The van der Waals surface area contributed by atoms with E-state index in [2.05, 4.69) is 0 Å². The summed E-state index contributed by atoms with van der Waals surface area (Å²) >= 11 is 0. The van der Waals surface area contributed by atoms with Crippen molar-refractivity contribution in [2.75, 3.05) is 25.5 Å². The minimum atomic E-state index is -0.862. The first-order valence-corrected chi connectivity index (χ1v) is 7.84. The van der Waals surface area contributed by atoms with Crippen molar-refractivity contribution in [3.05, 3.63) is 80.9 Å². The maximum absolute atomic E-state index is 12.7. The van der Waals surface area contributed by atoms with E-state index in [9.17, 15) is 20.0 Å². The summed E-state index contributed by atoms with van der Waals surface area (Å²) in [5.41, 5.74) is 2.14. The van der Waals surface area contributed by atoms with Crippen molar-refractivity contribution < 1.29 is 66.2 Å². The van der Waals surface area contributed by atoms with E-state index in [0.29, 0.717) is 16.7 Å². The average molecular weight is 376 g/mol. The van der Waals surface area contributed by atoms with Gasteiger partial charge in [-0.15, -0.1) is 0 Å². The molecule has 1 unspecified atom stereocenters. The van der Waals surface area contributed by atoms with Crippen molar-refractivity contribution in [2.24, 2.45) is 0 Å². The van der Waals surface area contributed by atoms with Crippen LogP contribution in [0.25, 0.3) is 5.76 Å². The van der Waals surface area contributed by atoms with Gasteiger partial charge in [-0.2, -0.15) is 0 Å². The van der Waals surface area contributed by atoms with Crippen molar-refractivity contribution in [1.82, 2.24) is 0 Å². The molecule has 26 heavy (non-hydrogen) atoms. The molecule has 0 aliphatic heterocycles. The van der Waals surface area contributed by atoms with E-state index < -0.39 is 28.9 Å². The Morgan fingerprint density at radius 2 is 1.62 bits per heavy atom. The minimum Gasteiger partial charge on any atom is -0.872 e. The molecule has 0 fully saturated rings. The van der Waals surface area contributed by atoms with Crippen molar-refractivity contribution in [3.63, 3.8) is 0 Å². The number of rotatable bonds is 5. The molecule has 7 heteroatoms. The van der Waals surface area contributed by atoms with Crippen LogP contribution < -0.4 is 61.4 Å². The number of Topliss-reactive ketones (excluding diaryl/α,β-unsaturated/α-hetero) is 1. The van der Waals surface area contributed by atoms with Gasteiger partial charge < -0.3 is 10.0 Å². The van der Waals surface area contributed by atoms with E-state index in [1.807, 2.05) is 31.1 Å². The van der Waals surface area contributed by atoms with E-state index in [0.717, 1.165) is 5.69 Å². The largest absolute Gasteiger partial charge is 1.00 e. The zero-order valence-electron chi connectivity index (χ0n) is 14.9. The van der Waals surface area contributed by atoms with Crippen LogP contribution in [0.3, 0.4) is 0 Å². The summed E-state index contributed by atoms with van der Waals surface area (Å²) in [4.78, 5) is 25.3. The molecule has 0 heterocycles. The van der Waals surface area contributed by atoms with Crippen LogP contribution in [0.1, 0.15) is 27.4 Å². The quantitative estimate of drug-likeness (QED) is 0.383. The van der Waals surface area contributed by atoms with Crippen LogP contribution in [-0.2, 0) is 0 Å². The van der Waals surface area contributed by atoms with Crippen molar-refractivity contribution in [1.29, 1.82) is 0 Å². The van der Waals surface area contributed by atoms with Crippen LogP contribution in [0.15, 0.2) is 54.1 Å². The molecular formula is C19H17KN2O4. The first-order chi connectivity index (χ1) is 11.9.